The minimum absolute atomic E-state index is 0.0799. The third kappa shape index (κ3) is 4.91. The van der Waals surface area contributed by atoms with E-state index in [2.05, 4.69) is 36.5 Å². The van der Waals surface area contributed by atoms with Gasteiger partial charge in [-0.25, -0.2) is 4.39 Å². The second-order valence-electron chi connectivity index (χ2n) is 7.99. The summed E-state index contributed by atoms with van der Waals surface area (Å²) in [6.45, 7) is 3.26. The number of hydrogen-bond donors (Lipinski definition) is 1. The molecule has 33 heavy (non-hydrogen) atoms. The number of hydrogen-bond acceptors (Lipinski definition) is 4. The lowest BCUT2D eigenvalue weighted by molar-refractivity contribution is -0.255. The Bertz CT molecular complexity index is 1280. The summed E-state index contributed by atoms with van der Waals surface area (Å²) in [5.41, 5.74) is 4.46. The number of aromatic carboxylic acids is 1. The fraction of sp³-hybridized carbons (Fsp3) is 0.222. The lowest BCUT2D eigenvalue weighted by atomic mass is 10.1. The number of rotatable bonds is 9. The zero-order valence-corrected chi connectivity index (χ0v) is 18.7. The van der Waals surface area contributed by atoms with Gasteiger partial charge in [0.2, 0.25) is 0 Å². The molecule has 6 heteroatoms. The fourth-order valence-electron chi connectivity index (χ4n) is 4.15. The van der Waals surface area contributed by atoms with Crippen molar-refractivity contribution < 1.29 is 19.0 Å². The number of carboxylic acids is 1. The molecule has 1 aromatic heterocycles. The molecule has 0 atom stereocenters. The van der Waals surface area contributed by atoms with Crippen molar-refractivity contribution in [3.63, 3.8) is 0 Å². The molecule has 0 saturated carbocycles. The van der Waals surface area contributed by atoms with Gasteiger partial charge in [0.25, 0.3) is 0 Å². The predicted octanol–water partition coefficient (Wildman–Crippen LogP) is 4.05. The van der Waals surface area contributed by atoms with Crippen LogP contribution in [0.25, 0.3) is 10.9 Å². The van der Waals surface area contributed by atoms with Crippen LogP contribution in [0.15, 0.2) is 66.7 Å². The van der Waals surface area contributed by atoms with Gasteiger partial charge in [0, 0.05) is 36.7 Å². The topological polar surface area (TPSA) is 66.3 Å². The molecule has 5 nitrogen and oxygen atoms in total. The number of halogens is 1. The lowest BCUT2D eigenvalue weighted by Crippen LogP contribution is -2.28. The monoisotopic (exact) mass is 445 g/mol. The van der Waals surface area contributed by atoms with Gasteiger partial charge in [-0.2, -0.15) is 0 Å². The van der Waals surface area contributed by atoms with Gasteiger partial charge in [0.05, 0.1) is 24.3 Å². The number of carboxylic acid groups (broad SMARTS) is 1. The summed E-state index contributed by atoms with van der Waals surface area (Å²) in [6.07, 6.45) is 0.983. The van der Waals surface area contributed by atoms with Crippen LogP contribution in [0.1, 0.15) is 39.7 Å². The predicted molar refractivity (Wildman–Crippen MR) is 125 cm³/mol. The van der Waals surface area contributed by atoms with Crippen LogP contribution in [-0.2, 0) is 26.1 Å². The SMILES string of the molecule is CCc1ccc(CNCc2c(C(=O)[O-])n(Cc3cccc(F)c3)c3cc(OC)ccc23)cc1. The zero-order valence-electron chi connectivity index (χ0n) is 18.7. The average Bonchev–Trinajstić information content (AvgIpc) is 3.12. The highest BCUT2D eigenvalue weighted by Gasteiger charge is 2.19. The maximum absolute atomic E-state index is 13.8. The first-order chi connectivity index (χ1) is 16.0. The molecular weight excluding hydrogens is 419 g/mol. The van der Waals surface area contributed by atoms with Crippen LogP contribution in [-0.4, -0.2) is 17.6 Å². The Labute approximate surface area is 192 Å². The molecule has 0 radical (unpaired) electrons. The van der Waals surface area contributed by atoms with Crippen molar-refractivity contribution in [2.24, 2.45) is 0 Å². The Morgan fingerprint density at radius 3 is 2.42 bits per heavy atom. The van der Waals surface area contributed by atoms with Crippen LogP contribution < -0.4 is 15.2 Å². The van der Waals surface area contributed by atoms with Crippen molar-refractivity contribution in [2.75, 3.05) is 7.11 Å². The molecule has 4 rings (SSSR count). The normalized spacial score (nSPS) is 11.1. The van der Waals surface area contributed by atoms with Gasteiger partial charge in [-0.15, -0.1) is 0 Å². The fourth-order valence-corrected chi connectivity index (χ4v) is 4.15. The number of fused-ring (bicyclic) bond motifs is 1. The third-order valence-electron chi connectivity index (χ3n) is 5.86. The Kier molecular flexibility index (Phi) is 6.75. The Morgan fingerprint density at radius 2 is 1.76 bits per heavy atom. The van der Waals surface area contributed by atoms with Crippen LogP contribution in [0.4, 0.5) is 4.39 Å². The van der Waals surface area contributed by atoms with Crippen LogP contribution in [0.3, 0.4) is 0 Å². The summed E-state index contributed by atoms with van der Waals surface area (Å²) < 4.78 is 20.8. The van der Waals surface area contributed by atoms with E-state index in [1.165, 1.54) is 17.7 Å². The minimum atomic E-state index is -1.27. The van der Waals surface area contributed by atoms with Gasteiger partial charge in [0.15, 0.2) is 0 Å². The van der Waals surface area contributed by atoms with E-state index in [-0.39, 0.29) is 18.1 Å². The number of benzene rings is 3. The maximum Gasteiger partial charge on any atom is 0.123 e. The zero-order chi connectivity index (χ0) is 23.4. The largest absolute Gasteiger partial charge is 0.543 e. The van der Waals surface area contributed by atoms with E-state index in [9.17, 15) is 14.3 Å². The van der Waals surface area contributed by atoms with Crippen molar-refractivity contribution in [3.05, 3.63) is 100 Å². The number of nitrogens with zero attached hydrogens (tertiary/aromatic N) is 1. The molecule has 0 unspecified atom stereocenters. The van der Waals surface area contributed by atoms with Crippen LogP contribution in [0.2, 0.25) is 0 Å². The van der Waals surface area contributed by atoms with Gasteiger partial charge in [0.1, 0.15) is 11.6 Å². The van der Waals surface area contributed by atoms with E-state index < -0.39 is 5.97 Å². The van der Waals surface area contributed by atoms with E-state index in [0.717, 1.165) is 17.4 Å². The van der Waals surface area contributed by atoms with Gasteiger partial charge >= 0.3 is 0 Å². The molecule has 0 bridgehead atoms. The molecule has 0 amide bonds. The van der Waals surface area contributed by atoms with E-state index >= 15 is 0 Å². The lowest BCUT2D eigenvalue weighted by Gasteiger charge is -2.14. The number of ether oxygens (including phenoxy) is 1. The molecule has 170 valence electrons. The van der Waals surface area contributed by atoms with Gasteiger partial charge in [-0.3, -0.25) is 0 Å². The van der Waals surface area contributed by atoms with Crippen LogP contribution >= 0.6 is 0 Å². The van der Waals surface area contributed by atoms with E-state index in [1.807, 2.05) is 6.07 Å². The minimum Gasteiger partial charge on any atom is -0.543 e. The first-order valence-electron chi connectivity index (χ1n) is 10.9. The smallest absolute Gasteiger partial charge is 0.123 e. The summed E-state index contributed by atoms with van der Waals surface area (Å²) in [4.78, 5) is 12.3. The van der Waals surface area contributed by atoms with Gasteiger partial charge in [-0.05, 0) is 47.4 Å². The molecule has 3 aromatic carbocycles. The highest BCUT2D eigenvalue weighted by atomic mass is 19.1. The number of aromatic nitrogens is 1. The van der Waals surface area contributed by atoms with Crippen molar-refractivity contribution in [1.29, 1.82) is 0 Å². The van der Waals surface area contributed by atoms with Crippen molar-refractivity contribution in [1.82, 2.24) is 9.88 Å². The maximum atomic E-state index is 13.8. The average molecular weight is 446 g/mol. The molecule has 0 aliphatic carbocycles. The molecule has 4 aromatic rings. The number of methoxy groups -OCH3 is 1. The van der Waals surface area contributed by atoms with Crippen molar-refractivity contribution >= 4 is 16.9 Å². The number of carbonyl (C=O) groups excluding carboxylic acids is 1. The summed E-state index contributed by atoms with van der Waals surface area (Å²) in [6, 6.07) is 20.0. The molecule has 0 fully saturated rings. The highest BCUT2D eigenvalue weighted by Crippen LogP contribution is 2.30. The molecule has 0 aliphatic heterocycles. The summed E-state index contributed by atoms with van der Waals surface area (Å²) in [5.74, 6) is -1.03. The second-order valence-corrected chi connectivity index (χ2v) is 7.99. The van der Waals surface area contributed by atoms with E-state index in [1.54, 1.807) is 35.9 Å². The third-order valence-corrected chi connectivity index (χ3v) is 5.86. The quantitative estimate of drug-likeness (QED) is 0.422. The molecule has 0 saturated heterocycles. The number of carbonyl (C=O) groups is 1. The standard InChI is InChI=1S/C27H27FN2O3/c1-3-18-7-9-19(10-8-18)15-29-16-24-23-12-11-22(33-2)14-25(23)30(26(24)27(31)32)17-20-5-4-6-21(28)13-20/h4-14,29H,3,15-17H2,1-2H3,(H,31,32)/p-1. The second kappa shape index (κ2) is 9.88. The molecule has 1 N–H and O–H groups in total. The molecule has 0 spiro atoms. The first-order valence-corrected chi connectivity index (χ1v) is 10.9. The Morgan fingerprint density at radius 1 is 1.00 bits per heavy atom. The molecule has 1 heterocycles. The van der Waals surface area contributed by atoms with Crippen LogP contribution in [0.5, 0.6) is 5.75 Å². The summed E-state index contributed by atoms with van der Waals surface area (Å²) >= 11 is 0. The van der Waals surface area contributed by atoms with E-state index in [0.29, 0.717) is 35.5 Å². The first kappa shape index (κ1) is 22.6. The van der Waals surface area contributed by atoms with Gasteiger partial charge < -0.3 is 24.5 Å². The summed E-state index contributed by atoms with van der Waals surface area (Å²) in [5, 5.41) is 16.4. The van der Waals surface area contributed by atoms with Gasteiger partial charge in [-0.1, -0.05) is 43.3 Å². The van der Waals surface area contributed by atoms with Crippen molar-refractivity contribution in [2.45, 2.75) is 33.0 Å². The highest BCUT2D eigenvalue weighted by molar-refractivity contribution is 5.98. The van der Waals surface area contributed by atoms with Crippen molar-refractivity contribution in [3.8, 4) is 5.75 Å². The Balaban J connectivity index is 1.71. The Hall–Kier alpha value is -3.64. The number of nitrogens with one attached hydrogen (secondary N) is 1. The van der Waals surface area contributed by atoms with Crippen LogP contribution in [0, 0.1) is 5.82 Å². The number of aryl methyl sites for hydroxylation is 1. The van der Waals surface area contributed by atoms with E-state index in [4.69, 9.17) is 4.74 Å². The molecular formula is C27H26FN2O3-. The molecule has 0 aliphatic rings. The summed E-state index contributed by atoms with van der Waals surface area (Å²) in [7, 11) is 1.56.